The maximum absolute atomic E-state index is 13.1. The molecule has 1 fully saturated rings. The van der Waals surface area contributed by atoms with E-state index in [1.165, 1.54) is 0 Å². The lowest BCUT2D eigenvalue weighted by molar-refractivity contribution is -0.130. The summed E-state index contributed by atoms with van der Waals surface area (Å²) >= 11 is 0. The summed E-state index contributed by atoms with van der Waals surface area (Å²) in [7, 11) is -1.28. The van der Waals surface area contributed by atoms with E-state index in [-0.39, 0.29) is 17.3 Å². The van der Waals surface area contributed by atoms with Crippen molar-refractivity contribution in [2.24, 2.45) is 0 Å². The maximum atomic E-state index is 13.1. The van der Waals surface area contributed by atoms with Crippen molar-refractivity contribution in [3.63, 3.8) is 0 Å². The fourth-order valence-corrected chi connectivity index (χ4v) is 4.80. The van der Waals surface area contributed by atoms with Crippen LogP contribution in [0.4, 0.5) is 0 Å². The topological polar surface area (TPSA) is 46.6 Å². The lowest BCUT2D eigenvalue weighted by atomic mass is 10.1. The molecule has 1 amide bonds. The third-order valence-electron chi connectivity index (χ3n) is 4.24. The zero-order valence-corrected chi connectivity index (χ0v) is 14.3. The molecule has 5 heteroatoms. The number of carbonyl (C=O) groups excluding carboxylic acids is 1. The molecule has 0 spiro atoms. The molecule has 0 N–H and O–H groups in total. The van der Waals surface area contributed by atoms with Gasteiger partial charge in [-0.05, 0) is 32.8 Å². The molecule has 0 radical (unpaired) electrons. The zero-order valence-electron chi connectivity index (χ0n) is 13.5. The van der Waals surface area contributed by atoms with Gasteiger partial charge in [0.2, 0.25) is 5.91 Å². The van der Waals surface area contributed by atoms with E-state index >= 15 is 0 Å². The summed E-state index contributed by atoms with van der Waals surface area (Å²) in [6.07, 6.45) is 0.694. The molecule has 1 aromatic carbocycles. The highest BCUT2D eigenvalue weighted by Crippen LogP contribution is 2.30. The summed E-state index contributed by atoms with van der Waals surface area (Å²) in [5.74, 6) is -0.0476. The zero-order chi connectivity index (χ0) is 16.1. The van der Waals surface area contributed by atoms with E-state index in [1.54, 1.807) is 4.90 Å². The molecule has 0 bridgehead atoms. The predicted octanol–water partition coefficient (Wildman–Crippen LogP) is 2.52. The molecule has 0 saturated carbocycles. The van der Waals surface area contributed by atoms with Crippen LogP contribution in [-0.4, -0.2) is 46.1 Å². The number of hydrogen-bond donors (Lipinski definition) is 0. The average molecular weight is 323 g/mol. The van der Waals surface area contributed by atoms with E-state index < -0.39 is 16.0 Å². The smallest absolute Gasteiger partial charge is 0.242 e. The number of rotatable bonds is 6. The fourth-order valence-electron chi connectivity index (χ4n) is 2.90. The standard InChI is InChI=1S/C17H25NO3S/c1-4-18(5-2)17(19)16(14-9-7-6-8-10-14)22(20)15-11-12-21-13(15)3/h6-10,13,15-16H,4-5,11-12H2,1-3H3/t13-,15+,16-,22+/m0/s1. The van der Waals surface area contributed by atoms with Crippen LogP contribution < -0.4 is 0 Å². The quantitative estimate of drug-likeness (QED) is 0.808. The molecule has 1 aromatic rings. The molecule has 122 valence electrons. The van der Waals surface area contributed by atoms with Crippen LogP contribution in [-0.2, 0) is 20.3 Å². The van der Waals surface area contributed by atoms with Crippen LogP contribution in [0.15, 0.2) is 30.3 Å². The summed E-state index contributed by atoms with van der Waals surface area (Å²) in [6, 6.07) is 9.48. The highest BCUT2D eigenvalue weighted by molar-refractivity contribution is 7.86. The van der Waals surface area contributed by atoms with Gasteiger partial charge in [-0.1, -0.05) is 30.3 Å². The van der Waals surface area contributed by atoms with Crippen LogP contribution in [0.2, 0.25) is 0 Å². The molecule has 0 aliphatic carbocycles. The highest BCUT2D eigenvalue weighted by atomic mass is 32.2. The second-order valence-electron chi connectivity index (χ2n) is 5.53. The van der Waals surface area contributed by atoms with E-state index in [0.29, 0.717) is 19.7 Å². The Hall–Kier alpha value is -1.20. The van der Waals surface area contributed by atoms with Crippen molar-refractivity contribution in [2.45, 2.75) is 43.8 Å². The Morgan fingerprint density at radius 3 is 2.45 bits per heavy atom. The first kappa shape index (κ1) is 17.2. The van der Waals surface area contributed by atoms with E-state index in [9.17, 15) is 9.00 Å². The van der Waals surface area contributed by atoms with Gasteiger partial charge in [-0.2, -0.15) is 0 Å². The second-order valence-corrected chi connectivity index (χ2v) is 7.27. The number of carbonyl (C=O) groups is 1. The van der Waals surface area contributed by atoms with Gasteiger partial charge in [0.15, 0.2) is 0 Å². The first-order chi connectivity index (χ1) is 10.6. The molecule has 1 aliphatic rings. The molecule has 0 unspecified atom stereocenters. The molecule has 0 aromatic heterocycles. The Kier molecular flexibility index (Phi) is 6.15. The minimum absolute atomic E-state index is 0.0476. The summed E-state index contributed by atoms with van der Waals surface area (Å²) in [6.45, 7) is 7.73. The van der Waals surface area contributed by atoms with Gasteiger partial charge < -0.3 is 9.64 Å². The van der Waals surface area contributed by atoms with Crippen molar-refractivity contribution in [3.8, 4) is 0 Å². The molecule has 4 atom stereocenters. The number of likely N-dealkylation sites (N-methyl/N-ethyl adjacent to an activating group) is 1. The molecule has 22 heavy (non-hydrogen) atoms. The molecule has 1 aliphatic heterocycles. The van der Waals surface area contributed by atoms with Crippen LogP contribution in [0, 0.1) is 0 Å². The maximum Gasteiger partial charge on any atom is 0.242 e. The van der Waals surface area contributed by atoms with Crippen LogP contribution in [0.25, 0.3) is 0 Å². The van der Waals surface area contributed by atoms with Gasteiger partial charge >= 0.3 is 0 Å². The summed E-state index contributed by atoms with van der Waals surface area (Å²) < 4.78 is 18.7. The number of hydrogen-bond acceptors (Lipinski definition) is 3. The van der Waals surface area contributed by atoms with E-state index in [2.05, 4.69) is 0 Å². The molecule has 4 nitrogen and oxygen atoms in total. The summed E-state index contributed by atoms with van der Waals surface area (Å²) in [5.41, 5.74) is 0.830. The van der Waals surface area contributed by atoms with Gasteiger partial charge in [-0.25, -0.2) is 0 Å². The number of ether oxygens (including phenoxy) is 1. The summed E-state index contributed by atoms with van der Waals surface area (Å²) in [5, 5.41) is -0.681. The van der Waals surface area contributed by atoms with E-state index in [1.807, 2.05) is 51.1 Å². The SMILES string of the molecule is CCN(CC)C(=O)[C@H](c1ccccc1)[S@](=O)[C@@H]1CCO[C@H]1C. The highest BCUT2D eigenvalue weighted by Gasteiger charge is 2.39. The monoisotopic (exact) mass is 323 g/mol. The minimum Gasteiger partial charge on any atom is -0.377 e. The van der Waals surface area contributed by atoms with Crippen molar-refractivity contribution < 1.29 is 13.7 Å². The Morgan fingerprint density at radius 1 is 1.32 bits per heavy atom. The van der Waals surface area contributed by atoms with Crippen molar-refractivity contribution in [1.29, 1.82) is 0 Å². The van der Waals surface area contributed by atoms with E-state index in [4.69, 9.17) is 4.74 Å². The Balaban J connectivity index is 2.33. The second kappa shape index (κ2) is 7.88. The first-order valence-corrected chi connectivity index (χ1v) is 9.22. The number of amides is 1. The lowest BCUT2D eigenvalue weighted by Crippen LogP contribution is -2.39. The van der Waals surface area contributed by atoms with Gasteiger partial charge in [-0.3, -0.25) is 9.00 Å². The normalized spacial score (nSPS) is 24.0. The fraction of sp³-hybridized carbons (Fsp3) is 0.588. The van der Waals surface area contributed by atoms with Crippen molar-refractivity contribution in [3.05, 3.63) is 35.9 Å². The molecule has 2 rings (SSSR count). The minimum atomic E-state index is -1.28. The van der Waals surface area contributed by atoms with Gasteiger partial charge in [0.1, 0.15) is 5.25 Å². The van der Waals surface area contributed by atoms with Gasteiger partial charge in [0, 0.05) is 30.5 Å². The van der Waals surface area contributed by atoms with Crippen molar-refractivity contribution in [1.82, 2.24) is 4.90 Å². The summed E-state index contributed by atoms with van der Waals surface area (Å²) in [4.78, 5) is 14.7. The van der Waals surface area contributed by atoms with Crippen LogP contribution in [0.1, 0.15) is 38.0 Å². The van der Waals surface area contributed by atoms with Crippen molar-refractivity contribution in [2.75, 3.05) is 19.7 Å². The van der Waals surface area contributed by atoms with Gasteiger partial charge in [0.05, 0.1) is 11.4 Å². The number of benzene rings is 1. The lowest BCUT2D eigenvalue weighted by Gasteiger charge is -2.27. The molecule has 1 heterocycles. The third-order valence-corrected chi connectivity index (χ3v) is 6.39. The van der Waals surface area contributed by atoms with Crippen LogP contribution in [0.5, 0.6) is 0 Å². The predicted molar refractivity (Wildman–Crippen MR) is 89.1 cm³/mol. The third kappa shape index (κ3) is 3.58. The van der Waals surface area contributed by atoms with E-state index in [0.717, 1.165) is 12.0 Å². The largest absolute Gasteiger partial charge is 0.377 e. The average Bonchev–Trinajstić information content (AvgIpc) is 2.96. The van der Waals surface area contributed by atoms with Crippen molar-refractivity contribution >= 4 is 16.7 Å². The molecule has 1 saturated heterocycles. The molecular formula is C17H25NO3S. The first-order valence-electron chi connectivity index (χ1n) is 7.94. The number of nitrogens with zero attached hydrogens (tertiary/aromatic N) is 1. The Labute approximate surface area is 135 Å². The Morgan fingerprint density at radius 2 is 1.95 bits per heavy atom. The molecular weight excluding hydrogens is 298 g/mol. The van der Waals surface area contributed by atoms with Gasteiger partial charge in [-0.15, -0.1) is 0 Å². The van der Waals surface area contributed by atoms with Crippen LogP contribution in [0.3, 0.4) is 0 Å². The van der Waals surface area contributed by atoms with Crippen LogP contribution >= 0.6 is 0 Å². The van der Waals surface area contributed by atoms with Gasteiger partial charge in [0.25, 0.3) is 0 Å². The Bertz CT molecular complexity index is 516.